The number of nitrogens with one attached hydrogen (secondary N) is 1. The number of hydrogen-bond donors (Lipinski definition) is 1. The lowest BCUT2D eigenvalue weighted by molar-refractivity contribution is -0.122. The third kappa shape index (κ3) is 5.04. The minimum Gasteiger partial charge on any atom is -0.493 e. The summed E-state index contributed by atoms with van der Waals surface area (Å²) in [5.74, 6) is -0.546. The summed E-state index contributed by atoms with van der Waals surface area (Å²) in [7, 11) is 1.51. The Morgan fingerprint density at radius 1 is 1.00 bits per heavy atom. The van der Waals surface area contributed by atoms with E-state index >= 15 is 0 Å². The molecule has 184 valence electrons. The van der Waals surface area contributed by atoms with Gasteiger partial charge in [-0.3, -0.25) is 14.9 Å². The van der Waals surface area contributed by atoms with Gasteiger partial charge in [0.15, 0.2) is 11.5 Å². The summed E-state index contributed by atoms with van der Waals surface area (Å²) in [5.41, 5.74) is 4.64. The molecule has 1 saturated heterocycles. The smallest absolute Gasteiger partial charge is 0.335 e. The summed E-state index contributed by atoms with van der Waals surface area (Å²) in [6, 6.07) is 15.9. The van der Waals surface area contributed by atoms with Gasteiger partial charge in [0, 0.05) is 0 Å². The van der Waals surface area contributed by atoms with Gasteiger partial charge in [0.2, 0.25) is 0 Å². The summed E-state index contributed by atoms with van der Waals surface area (Å²) < 4.78 is 12.1. The number of methoxy groups -OCH3 is 1. The molecule has 3 aromatic rings. The summed E-state index contributed by atoms with van der Waals surface area (Å²) in [6.07, 6.45) is 1.43. The van der Waals surface area contributed by atoms with Gasteiger partial charge >= 0.3 is 6.03 Å². The molecule has 0 unspecified atom stereocenters. The zero-order valence-corrected chi connectivity index (χ0v) is 21.9. The Balaban J connectivity index is 1.66. The molecule has 3 aromatic carbocycles. The zero-order chi connectivity index (χ0) is 26.0. The Bertz CT molecular complexity index is 1400. The fourth-order valence-electron chi connectivity index (χ4n) is 3.82. The SMILES string of the molecule is COc1cc(/C=C2\C(=O)NC(=O)N(c3cccc(C)c3C)C2=O)cc(Br)c1OCc1ccc(C)cc1. The van der Waals surface area contributed by atoms with Crippen LogP contribution >= 0.6 is 15.9 Å². The van der Waals surface area contributed by atoms with E-state index in [4.69, 9.17) is 9.47 Å². The maximum Gasteiger partial charge on any atom is 0.335 e. The number of carbonyl (C=O) groups is 3. The molecule has 4 rings (SSSR count). The average molecular weight is 549 g/mol. The van der Waals surface area contributed by atoms with Crippen LogP contribution in [0.2, 0.25) is 0 Å². The van der Waals surface area contributed by atoms with Gasteiger partial charge in [-0.2, -0.15) is 0 Å². The second-order valence-corrected chi connectivity index (χ2v) is 9.34. The molecule has 1 fully saturated rings. The van der Waals surface area contributed by atoms with Crippen LogP contribution in [0.3, 0.4) is 0 Å². The number of urea groups is 1. The first-order chi connectivity index (χ1) is 17.2. The van der Waals surface area contributed by atoms with Crippen LogP contribution in [0.25, 0.3) is 6.08 Å². The summed E-state index contributed by atoms with van der Waals surface area (Å²) in [5, 5.41) is 2.26. The number of aryl methyl sites for hydroxylation is 2. The highest BCUT2D eigenvalue weighted by molar-refractivity contribution is 9.10. The van der Waals surface area contributed by atoms with Gasteiger partial charge in [-0.1, -0.05) is 42.0 Å². The Morgan fingerprint density at radius 2 is 1.72 bits per heavy atom. The van der Waals surface area contributed by atoms with Gasteiger partial charge < -0.3 is 9.47 Å². The van der Waals surface area contributed by atoms with Crippen LogP contribution in [0.15, 0.2) is 64.6 Å². The van der Waals surface area contributed by atoms with E-state index in [0.29, 0.717) is 33.8 Å². The first kappa shape index (κ1) is 25.2. The zero-order valence-electron chi connectivity index (χ0n) is 20.3. The minimum atomic E-state index is -0.783. The van der Waals surface area contributed by atoms with Crippen molar-refractivity contribution < 1.29 is 23.9 Å². The molecule has 0 aromatic heterocycles. The number of barbiturate groups is 1. The predicted octanol–water partition coefficient (Wildman–Crippen LogP) is 5.63. The van der Waals surface area contributed by atoms with Crippen LogP contribution in [0.1, 0.15) is 27.8 Å². The van der Waals surface area contributed by atoms with Crippen molar-refractivity contribution in [1.82, 2.24) is 5.32 Å². The van der Waals surface area contributed by atoms with Crippen molar-refractivity contribution in [3.05, 3.63) is 92.5 Å². The summed E-state index contributed by atoms with van der Waals surface area (Å²) in [6.45, 7) is 6.07. The lowest BCUT2D eigenvalue weighted by atomic mass is 10.0. The monoisotopic (exact) mass is 548 g/mol. The molecule has 1 N–H and O–H groups in total. The van der Waals surface area contributed by atoms with Crippen molar-refractivity contribution in [3.8, 4) is 11.5 Å². The van der Waals surface area contributed by atoms with Crippen molar-refractivity contribution in [2.24, 2.45) is 0 Å². The molecule has 1 heterocycles. The molecule has 36 heavy (non-hydrogen) atoms. The van der Waals surface area contributed by atoms with Crippen LogP contribution in [0.5, 0.6) is 11.5 Å². The molecule has 0 saturated carbocycles. The normalized spacial score (nSPS) is 14.8. The Kier molecular flexibility index (Phi) is 7.26. The second kappa shape index (κ2) is 10.4. The molecule has 7 nitrogen and oxygen atoms in total. The Labute approximate surface area is 217 Å². The van der Waals surface area contributed by atoms with Gasteiger partial charge in [0.05, 0.1) is 17.3 Å². The molecule has 0 radical (unpaired) electrons. The van der Waals surface area contributed by atoms with Crippen LogP contribution in [-0.4, -0.2) is 25.0 Å². The Hall–Kier alpha value is -3.91. The van der Waals surface area contributed by atoms with E-state index in [1.54, 1.807) is 24.3 Å². The molecule has 0 aliphatic carbocycles. The highest BCUT2D eigenvalue weighted by Gasteiger charge is 2.37. The number of rotatable bonds is 6. The van der Waals surface area contributed by atoms with E-state index in [0.717, 1.165) is 27.2 Å². The van der Waals surface area contributed by atoms with E-state index in [2.05, 4.69) is 21.2 Å². The maximum absolute atomic E-state index is 13.3. The molecular weight excluding hydrogens is 524 g/mol. The average Bonchev–Trinajstić information content (AvgIpc) is 2.84. The third-order valence-corrected chi connectivity index (χ3v) is 6.57. The molecule has 4 amide bonds. The number of hydrogen-bond acceptors (Lipinski definition) is 5. The van der Waals surface area contributed by atoms with Crippen LogP contribution in [-0.2, 0) is 16.2 Å². The fraction of sp³-hybridized carbons (Fsp3) is 0.179. The number of amides is 4. The maximum atomic E-state index is 13.3. The summed E-state index contributed by atoms with van der Waals surface area (Å²) in [4.78, 5) is 39.5. The van der Waals surface area contributed by atoms with Crippen molar-refractivity contribution >= 4 is 45.5 Å². The van der Waals surface area contributed by atoms with Gasteiger partial charge in [0.25, 0.3) is 11.8 Å². The van der Waals surface area contributed by atoms with E-state index in [-0.39, 0.29) is 5.57 Å². The third-order valence-electron chi connectivity index (χ3n) is 5.99. The van der Waals surface area contributed by atoms with E-state index in [1.807, 2.05) is 51.1 Å². The van der Waals surface area contributed by atoms with Crippen LogP contribution in [0.4, 0.5) is 10.5 Å². The topological polar surface area (TPSA) is 84.9 Å². The van der Waals surface area contributed by atoms with Crippen molar-refractivity contribution in [1.29, 1.82) is 0 Å². The van der Waals surface area contributed by atoms with Crippen molar-refractivity contribution in [2.45, 2.75) is 27.4 Å². The number of ether oxygens (including phenoxy) is 2. The highest BCUT2D eigenvalue weighted by Crippen LogP contribution is 2.38. The molecule has 0 bridgehead atoms. The summed E-state index contributed by atoms with van der Waals surface area (Å²) >= 11 is 3.51. The standard InChI is InChI=1S/C28H25BrN2O5/c1-16-8-10-19(11-9-16)15-36-25-22(29)13-20(14-24(25)35-4)12-21-26(32)30-28(34)31(27(21)33)23-7-5-6-17(2)18(23)3/h5-14H,15H2,1-4H3,(H,30,32,34)/b21-12+. The van der Waals surface area contributed by atoms with Crippen molar-refractivity contribution in [3.63, 3.8) is 0 Å². The van der Waals surface area contributed by atoms with Gasteiger partial charge in [-0.05, 0) is 83.2 Å². The number of halogens is 1. The van der Waals surface area contributed by atoms with Gasteiger partial charge in [-0.15, -0.1) is 0 Å². The number of anilines is 1. The first-order valence-electron chi connectivity index (χ1n) is 11.2. The van der Waals surface area contributed by atoms with E-state index in [1.165, 1.54) is 13.2 Å². The second-order valence-electron chi connectivity index (χ2n) is 8.49. The number of nitrogens with zero attached hydrogens (tertiary/aromatic N) is 1. The molecular formula is C28H25BrN2O5. The minimum absolute atomic E-state index is 0.169. The lowest BCUT2D eigenvalue weighted by Crippen LogP contribution is -2.54. The molecule has 8 heteroatoms. The van der Waals surface area contributed by atoms with Crippen molar-refractivity contribution in [2.75, 3.05) is 12.0 Å². The van der Waals surface area contributed by atoms with Crippen LogP contribution in [0, 0.1) is 20.8 Å². The van der Waals surface area contributed by atoms with E-state index in [9.17, 15) is 14.4 Å². The Morgan fingerprint density at radius 3 is 2.42 bits per heavy atom. The number of carbonyl (C=O) groups excluding carboxylic acids is 3. The lowest BCUT2D eigenvalue weighted by Gasteiger charge is -2.28. The molecule has 1 aliphatic heterocycles. The molecule has 0 atom stereocenters. The highest BCUT2D eigenvalue weighted by atomic mass is 79.9. The quantitative estimate of drug-likeness (QED) is 0.318. The molecule has 0 spiro atoms. The van der Waals surface area contributed by atoms with E-state index < -0.39 is 17.8 Å². The van der Waals surface area contributed by atoms with Crippen LogP contribution < -0.4 is 19.7 Å². The van der Waals surface area contributed by atoms with Gasteiger partial charge in [0.1, 0.15) is 12.2 Å². The molecule has 1 aliphatic rings. The van der Waals surface area contributed by atoms with Gasteiger partial charge in [-0.25, -0.2) is 9.69 Å². The fourth-order valence-corrected chi connectivity index (χ4v) is 4.40. The number of benzene rings is 3. The first-order valence-corrected chi connectivity index (χ1v) is 12.0. The largest absolute Gasteiger partial charge is 0.493 e. The number of imide groups is 2. The predicted molar refractivity (Wildman–Crippen MR) is 141 cm³/mol.